The second-order valence-corrected chi connectivity index (χ2v) is 6.39. The largest absolute Gasteiger partial charge is 0.478 e. The fraction of sp³-hybridized carbons (Fsp3) is 0. The van der Waals surface area contributed by atoms with E-state index in [0.29, 0.717) is 4.60 Å². The summed E-state index contributed by atoms with van der Waals surface area (Å²) < 4.78 is 40.5. The Bertz CT molecular complexity index is 793. The molecule has 0 fully saturated rings. The number of aromatic nitrogens is 1. The summed E-state index contributed by atoms with van der Waals surface area (Å²) in [6.07, 6.45) is 1.24. The molecule has 2 rings (SSSR count). The average Bonchev–Trinajstić information content (AvgIpc) is 2.41. The normalized spacial score (nSPS) is 11.1. The van der Waals surface area contributed by atoms with Crippen LogP contribution in [0, 0.1) is 5.82 Å². The zero-order chi connectivity index (χ0) is 15.6. The van der Waals surface area contributed by atoms with Crippen molar-refractivity contribution in [1.82, 2.24) is 4.98 Å². The summed E-state index contributed by atoms with van der Waals surface area (Å²) in [7, 11) is -4.26. The lowest BCUT2D eigenvalue weighted by atomic mass is 10.2. The third kappa shape index (κ3) is 3.56. The fourth-order valence-corrected chi connectivity index (χ4v) is 2.87. The Morgan fingerprint density at radius 1 is 1.29 bits per heavy atom. The van der Waals surface area contributed by atoms with Crippen molar-refractivity contribution < 1.29 is 22.7 Å². The molecule has 1 aromatic carbocycles. The molecule has 0 spiro atoms. The van der Waals surface area contributed by atoms with E-state index in [0.717, 1.165) is 18.2 Å². The van der Waals surface area contributed by atoms with Gasteiger partial charge in [-0.25, -0.2) is 22.6 Å². The molecule has 6 nitrogen and oxygen atoms in total. The molecule has 21 heavy (non-hydrogen) atoms. The molecular weight excluding hydrogens is 367 g/mol. The van der Waals surface area contributed by atoms with Crippen LogP contribution in [-0.2, 0) is 10.0 Å². The Balaban J connectivity index is 2.41. The van der Waals surface area contributed by atoms with Crippen LogP contribution in [0.2, 0.25) is 0 Å². The van der Waals surface area contributed by atoms with Gasteiger partial charge in [-0.15, -0.1) is 0 Å². The summed E-state index contributed by atoms with van der Waals surface area (Å²) in [5.41, 5.74) is -0.205. The highest BCUT2D eigenvalue weighted by Gasteiger charge is 2.21. The third-order valence-corrected chi connectivity index (χ3v) is 4.31. The summed E-state index contributed by atoms with van der Waals surface area (Å²) in [5.74, 6) is -2.39. The molecule has 0 saturated carbocycles. The molecule has 1 heterocycles. The van der Waals surface area contributed by atoms with Crippen molar-refractivity contribution in [3.8, 4) is 0 Å². The number of carboxylic acid groups (broad SMARTS) is 1. The minimum Gasteiger partial charge on any atom is -0.478 e. The van der Waals surface area contributed by atoms with Crippen LogP contribution in [0.5, 0.6) is 0 Å². The van der Waals surface area contributed by atoms with E-state index < -0.39 is 26.7 Å². The summed E-state index contributed by atoms with van der Waals surface area (Å²) in [6, 6.07) is 5.46. The third-order valence-electron chi connectivity index (χ3n) is 2.45. The van der Waals surface area contributed by atoms with E-state index in [-0.39, 0.29) is 11.3 Å². The van der Waals surface area contributed by atoms with E-state index in [1.165, 1.54) is 18.3 Å². The first kappa shape index (κ1) is 15.4. The number of anilines is 1. The van der Waals surface area contributed by atoms with Crippen LogP contribution >= 0.6 is 15.9 Å². The molecule has 0 amide bonds. The summed E-state index contributed by atoms with van der Waals surface area (Å²) in [4.78, 5) is 13.9. The molecule has 0 aliphatic rings. The van der Waals surface area contributed by atoms with Crippen molar-refractivity contribution in [2.24, 2.45) is 0 Å². The monoisotopic (exact) mass is 374 g/mol. The van der Waals surface area contributed by atoms with Crippen LogP contribution in [0.3, 0.4) is 0 Å². The Hall–Kier alpha value is -2.00. The van der Waals surface area contributed by atoms with Gasteiger partial charge < -0.3 is 5.11 Å². The van der Waals surface area contributed by atoms with E-state index in [1.54, 1.807) is 0 Å². The average molecular weight is 375 g/mol. The minimum absolute atomic E-state index is 0.123. The number of carbonyl (C=O) groups is 1. The number of hydrogen-bond donors (Lipinski definition) is 2. The molecule has 0 saturated heterocycles. The Labute approximate surface area is 127 Å². The van der Waals surface area contributed by atoms with Gasteiger partial charge in [0.2, 0.25) is 0 Å². The number of sulfonamides is 1. The zero-order valence-electron chi connectivity index (χ0n) is 10.2. The van der Waals surface area contributed by atoms with Gasteiger partial charge in [-0.05, 0) is 46.3 Å². The van der Waals surface area contributed by atoms with Gasteiger partial charge in [0.1, 0.15) is 15.3 Å². The molecule has 9 heteroatoms. The second-order valence-electron chi connectivity index (χ2n) is 3.93. The van der Waals surface area contributed by atoms with Gasteiger partial charge in [-0.3, -0.25) is 4.72 Å². The molecular formula is C12H8BrFN2O4S. The molecule has 0 unspecified atom stereocenters. The van der Waals surface area contributed by atoms with Crippen molar-refractivity contribution in [3.05, 3.63) is 52.5 Å². The van der Waals surface area contributed by atoms with Crippen LogP contribution in [0.4, 0.5) is 10.1 Å². The minimum atomic E-state index is -4.26. The number of pyridine rings is 1. The highest BCUT2D eigenvalue weighted by atomic mass is 79.9. The maximum absolute atomic E-state index is 13.7. The zero-order valence-corrected chi connectivity index (χ0v) is 12.6. The Kier molecular flexibility index (Phi) is 4.24. The second kappa shape index (κ2) is 5.78. The van der Waals surface area contributed by atoms with Crippen molar-refractivity contribution >= 4 is 37.6 Å². The van der Waals surface area contributed by atoms with Crippen molar-refractivity contribution in [2.75, 3.05) is 4.72 Å². The van der Waals surface area contributed by atoms with Crippen molar-refractivity contribution in [2.45, 2.75) is 4.90 Å². The molecule has 1 aromatic heterocycles. The molecule has 110 valence electrons. The molecule has 0 aliphatic heterocycles. The SMILES string of the molecule is O=C(O)c1ccc(F)c(S(=O)(=O)Nc2ccc(Br)nc2)c1. The lowest BCUT2D eigenvalue weighted by Crippen LogP contribution is -2.15. The van der Waals surface area contributed by atoms with Crippen LogP contribution in [0.25, 0.3) is 0 Å². The number of aromatic carboxylic acids is 1. The summed E-state index contributed by atoms with van der Waals surface area (Å²) in [5, 5.41) is 8.83. The first-order chi connectivity index (χ1) is 9.79. The van der Waals surface area contributed by atoms with Crippen LogP contribution in [0.1, 0.15) is 10.4 Å². The highest BCUT2D eigenvalue weighted by molar-refractivity contribution is 9.10. The Morgan fingerprint density at radius 2 is 2.00 bits per heavy atom. The lowest BCUT2D eigenvalue weighted by Gasteiger charge is -2.09. The standard InChI is InChI=1S/C12H8BrFN2O4S/c13-11-4-2-8(6-15-11)16-21(19,20)10-5-7(12(17)18)1-3-9(10)14/h1-6,16H,(H,17,18). The van der Waals surface area contributed by atoms with Crippen molar-refractivity contribution in [1.29, 1.82) is 0 Å². The van der Waals surface area contributed by atoms with Crippen LogP contribution < -0.4 is 4.72 Å². The predicted molar refractivity (Wildman–Crippen MR) is 76.1 cm³/mol. The van der Waals surface area contributed by atoms with E-state index in [1.807, 2.05) is 0 Å². The van der Waals surface area contributed by atoms with E-state index >= 15 is 0 Å². The van der Waals surface area contributed by atoms with Crippen LogP contribution in [0.15, 0.2) is 46.0 Å². The number of benzene rings is 1. The number of nitrogens with one attached hydrogen (secondary N) is 1. The van der Waals surface area contributed by atoms with Gasteiger partial charge in [-0.1, -0.05) is 0 Å². The van der Waals surface area contributed by atoms with Gasteiger partial charge in [0.05, 0.1) is 17.4 Å². The van der Waals surface area contributed by atoms with Crippen LogP contribution in [-0.4, -0.2) is 24.5 Å². The lowest BCUT2D eigenvalue weighted by molar-refractivity contribution is 0.0696. The first-order valence-corrected chi connectivity index (χ1v) is 7.74. The molecule has 0 aliphatic carbocycles. The number of nitrogens with zero attached hydrogens (tertiary/aromatic N) is 1. The van der Waals surface area contributed by atoms with E-state index in [4.69, 9.17) is 5.11 Å². The van der Waals surface area contributed by atoms with Gasteiger partial charge in [0, 0.05) is 0 Å². The molecule has 2 aromatic rings. The number of carboxylic acids is 1. The number of halogens is 2. The fourth-order valence-electron chi connectivity index (χ4n) is 1.49. The first-order valence-electron chi connectivity index (χ1n) is 5.47. The summed E-state index contributed by atoms with van der Waals surface area (Å²) in [6.45, 7) is 0. The Morgan fingerprint density at radius 3 is 2.57 bits per heavy atom. The van der Waals surface area contributed by atoms with Gasteiger partial charge in [0.15, 0.2) is 0 Å². The molecule has 2 N–H and O–H groups in total. The number of hydrogen-bond acceptors (Lipinski definition) is 4. The molecule has 0 radical (unpaired) electrons. The topological polar surface area (TPSA) is 96.4 Å². The van der Waals surface area contributed by atoms with Gasteiger partial charge in [-0.2, -0.15) is 0 Å². The maximum Gasteiger partial charge on any atom is 0.335 e. The quantitative estimate of drug-likeness (QED) is 0.801. The number of rotatable bonds is 4. The van der Waals surface area contributed by atoms with Gasteiger partial charge in [0.25, 0.3) is 10.0 Å². The summed E-state index contributed by atoms with van der Waals surface area (Å²) >= 11 is 3.09. The van der Waals surface area contributed by atoms with E-state index in [9.17, 15) is 17.6 Å². The maximum atomic E-state index is 13.7. The van der Waals surface area contributed by atoms with Gasteiger partial charge >= 0.3 is 5.97 Å². The van der Waals surface area contributed by atoms with E-state index in [2.05, 4.69) is 25.6 Å². The molecule has 0 atom stereocenters. The highest BCUT2D eigenvalue weighted by Crippen LogP contribution is 2.20. The smallest absolute Gasteiger partial charge is 0.335 e. The van der Waals surface area contributed by atoms with Crippen molar-refractivity contribution in [3.63, 3.8) is 0 Å². The predicted octanol–water partition coefficient (Wildman–Crippen LogP) is 2.48. The molecule has 0 bridgehead atoms.